The molecule has 0 saturated carbocycles. The first-order valence-electron chi connectivity index (χ1n) is 8.20. The number of hydrogen-bond acceptors (Lipinski definition) is 3. The van der Waals surface area contributed by atoms with E-state index < -0.39 is 0 Å². The number of aryl methyl sites for hydroxylation is 2. The van der Waals surface area contributed by atoms with Crippen molar-refractivity contribution in [2.45, 2.75) is 26.8 Å². The van der Waals surface area contributed by atoms with E-state index in [1.165, 1.54) is 5.56 Å². The smallest absolute Gasteiger partial charge is 0.255 e. The lowest BCUT2D eigenvalue weighted by Crippen LogP contribution is -2.36. The first-order chi connectivity index (χ1) is 10.9. The summed E-state index contributed by atoms with van der Waals surface area (Å²) in [4.78, 5) is 21.8. The minimum Gasteiger partial charge on any atom is -0.337 e. The van der Waals surface area contributed by atoms with Gasteiger partial charge in [-0.3, -0.25) is 9.78 Å². The van der Waals surface area contributed by atoms with E-state index in [4.69, 9.17) is 0 Å². The molecule has 2 heterocycles. The van der Waals surface area contributed by atoms with Crippen molar-refractivity contribution in [1.82, 2.24) is 14.8 Å². The summed E-state index contributed by atoms with van der Waals surface area (Å²) >= 11 is 0. The van der Waals surface area contributed by atoms with Gasteiger partial charge >= 0.3 is 0 Å². The minimum absolute atomic E-state index is 0.106. The zero-order valence-corrected chi connectivity index (χ0v) is 14.6. The van der Waals surface area contributed by atoms with Gasteiger partial charge in [0.1, 0.15) is 0 Å². The summed E-state index contributed by atoms with van der Waals surface area (Å²) in [5.41, 5.74) is 3.68. The monoisotopic (exact) mass is 311 g/mol. The molecule has 4 nitrogen and oxygen atoms in total. The molecule has 1 amide bonds. The molecule has 4 heteroatoms. The molecule has 0 bridgehead atoms. The van der Waals surface area contributed by atoms with E-state index in [0.29, 0.717) is 12.0 Å². The van der Waals surface area contributed by atoms with Crippen LogP contribution in [0.1, 0.15) is 28.5 Å². The van der Waals surface area contributed by atoms with Gasteiger partial charge in [-0.05, 0) is 52.1 Å². The van der Waals surface area contributed by atoms with E-state index >= 15 is 0 Å². The van der Waals surface area contributed by atoms with Crippen LogP contribution in [0.25, 0.3) is 10.9 Å². The van der Waals surface area contributed by atoms with Crippen LogP contribution in [0.15, 0.2) is 24.3 Å². The number of benzene rings is 1. The number of hydrogen-bond donors (Lipinski definition) is 0. The molecule has 2 atom stereocenters. The molecule has 1 fully saturated rings. The van der Waals surface area contributed by atoms with E-state index in [0.717, 1.165) is 35.2 Å². The van der Waals surface area contributed by atoms with Gasteiger partial charge in [0.2, 0.25) is 0 Å². The Labute approximate surface area is 138 Å². The highest BCUT2D eigenvalue weighted by Crippen LogP contribution is 2.24. The molecule has 122 valence electrons. The second-order valence-corrected chi connectivity index (χ2v) is 7.04. The molecule has 0 radical (unpaired) electrons. The van der Waals surface area contributed by atoms with Crippen LogP contribution in [0.3, 0.4) is 0 Å². The SMILES string of the molecule is Cc1ccc2nc(C)c(C(=O)N3C[C@@H](C)[C@@H](N(C)C)C3)cc2c1. The highest BCUT2D eigenvalue weighted by atomic mass is 16.2. The lowest BCUT2D eigenvalue weighted by molar-refractivity contribution is 0.0780. The normalized spacial score (nSPS) is 21.4. The van der Waals surface area contributed by atoms with Crippen molar-refractivity contribution in [3.63, 3.8) is 0 Å². The van der Waals surface area contributed by atoms with Gasteiger partial charge in [0.15, 0.2) is 0 Å². The Morgan fingerprint density at radius 3 is 2.61 bits per heavy atom. The zero-order chi connectivity index (χ0) is 16.7. The summed E-state index contributed by atoms with van der Waals surface area (Å²) in [6.45, 7) is 7.80. The number of nitrogens with zero attached hydrogens (tertiary/aromatic N) is 3. The maximum Gasteiger partial charge on any atom is 0.255 e. The fourth-order valence-electron chi connectivity index (χ4n) is 3.57. The summed E-state index contributed by atoms with van der Waals surface area (Å²) in [5.74, 6) is 0.597. The fraction of sp³-hybridized carbons (Fsp3) is 0.474. The van der Waals surface area contributed by atoms with Crippen LogP contribution >= 0.6 is 0 Å². The summed E-state index contributed by atoms with van der Waals surface area (Å²) in [7, 11) is 4.17. The molecule has 23 heavy (non-hydrogen) atoms. The molecule has 2 aromatic rings. The van der Waals surface area contributed by atoms with E-state index in [9.17, 15) is 4.79 Å². The van der Waals surface area contributed by atoms with Crippen molar-refractivity contribution in [3.05, 3.63) is 41.1 Å². The van der Waals surface area contributed by atoms with Crippen LogP contribution in [0.4, 0.5) is 0 Å². The van der Waals surface area contributed by atoms with Gasteiger partial charge in [0.05, 0.1) is 16.8 Å². The molecule has 1 aromatic heterocycles. The van der Waals surface area contributed by atoms with E-state index in [1.54, 1.807) is 0 Å². The number of aromatic nitrogens is 1. The molecule has 1 aliphatic heterocycles. The number of carbonyl (C=O) groups is 1. The highest BCUT2D eigenvalue weighted by Gasteiger charge is 2.34. The molecule has 0 unspecified atom stereocenters. The maximum atomic E-state index is 13.0. The predicted octanol–water partition coefficient (Wildman–Crippen LogP) is 2.87. The first kappa shape index (κ1) is 15.9. The number of amides is 1. The zero-order valence-electron chi connectivity index (χ0n) is 14.6. The number of carbonyl (C=O) groups excluding carboxylic acids is 1. The summed E-state index contributed by atoms with van der Waals surface area (Å²) in [6, 6.07) is 8.59. The van der Waals surface area contributed by atoms with Crippen LogP contribution in [-0.4, -0.2) is 53.9 Å². The molecule has 3 rings (SSSR count). The Hall–Kier alpha value is -1.94. The summed E-state index contributed by atoms with van der Waals surface area (Å²) in [5, 5.41) is 1.04. The van der Waals surface area contributed by atoms with Gasteiger partial charge < -0.3 is 9.80 Å². The van der Waals surface area contributed by atoms with Crippen LogP contribution in [0.5, 0.6) is 0 Å². The molecule has 0 spiro atoms. The number of likely N-dealkylation sites (N-methyl/N-ethyl adjacent to an activating group) is 1. The third-order valence-electron chi connectivity index (χ3n) is 4.91. The topological polar surface area (TPSA) is 36.4 Å². The molecule has 1 saturated heterocycles. The average Bonchev–Trinajstić information content (AvgIpc) is 2.88. The third kappa shape index (κ3) is 2.95. The molecule has 0 aliphatic carbocycles. The second-order valence-electron chi connectivity index (χ2n) is 7.04. The van der Waals surface area contributed by atoms with Gasteiger partial charge in [-0.25, -0.2) is 0 Å². The Balaban J connectivity index is 1.93. The first-order valence-corrected chi connectivity index (χ1v) is 8.20. The van der Waals surface area contributed by atoms with Crippen molar-refractivity contribution in [2.75, 3.05) is 27.2 Å². The third-order valence-corrected chi connectivity index (χ3v) is 4.91. The average molecular weight is 311 g/mol. The van der Waals surface area contributed by atoms with Gasteiger partial charge in [-0.15, -0.1) is 0 Å². The molecule has 1 aromatic carbocycles. The minimum atomic E-state index is 0.106. The fourth-order valence-corrected chi connectivity index (χ4v) is 3.57. The van der Waals surface area contributed by atoms with Crippen molar-refractivity contribution in [2.24, 2.45) is 5.92 Å². The molecule has 1 aliphatic rings. The predicted molar refractivity (Wildman–Crippen MR) is 93.8 cm³/mol. The number of fused-ring (bicyclic) bond motifs is 1. The second kappa shape index (κ2) is 5.93. The highest BCUT2D eigenvalue weighted by molar-refractivity contribution is 5.99. The Bertz CT molecular complexity index is 754. The lowest BCUT2D eigenvalue weighted by Gasteiger charge is -2.22. The summed E-state index contributed by atoms with van der Waals surface area (Å²) < 4.78 is 0. The van der Waals surface area contributed by atoms with E-state index in [-0.39, 0.29) is 5.91 Å². The number of likely N-dealkylation sites (tertiary alicyclic amines) is 1. The number of pyridine rings is 1. The van der Waals surface area contributed by atoms with Crippen LogP contribution < -0.4 is 0 Å². The molecule has 0 N–H and O–H groups in total. The van der Waals surface area contributed by atoms with E-state index in [2.05, 4.69) is 50.0 Å². The van der Waals surface area contributed by atoms with Gasteiger partial charge in [0, 0.05) is 24.5 Å². The van der Waals surface area contributed by atoms with Crippen molar-refractivity contribution < 1.29 is 4.79 Å². The quantitative estimate of drug-likeness (QED) is 0.855. The van der Waals surface area contributed by atoms with Gasteiger partial charge in [-0.1, -0.05) is 18.6 Å². The Morgan fingerprint density at radius 2 is 1.96 bits per heavy atom. The van der Waals surface area contributed by atoms with Crippen LogP contribution in [0, 0.1) is 19.8 Å². The summed E-state index contributed by atoms with van der Waals surface area (Å²) in [6.07, 6.45) is 0. The largest absolute Gasteiger partial charge is 0.337 e. The van der Waals surface area contributed by atoms with Crippen molar-refractivity contribution >= 4 is 16.8 Å². The molecular formula is C19H25N3O. The van der Waals surface area contributed by atoms with Gasteiger partial charge in [-0.2, -0.15) is 0 Å². The van der Waals surface area contributed by atoms with Crippen LogP contribution in [0.2, 0.25) is 0 Å². The maximum absolute atomic E-state index is 13.0. The molecular weight excluding hydrogens is 286 g/mol. The Morgan fingerprint density at radius 1 is 1.22 bits per heavy atom. The van der Waals surface area contributed by atoms with Crippen LogP contribution in [-0.2, 0) is 0 Å². The Kier molecular flexibility index (Phi) is 4.11. The van der Waals surface area contributed by atoms with Crippen molar-refractivity contribution in [1.29, 1.82) is 0 Å². The van der Waals surface area contributed by atoms with E-state index in [1.807, 2.05) is 24.0 Å². The number of rotatable bonds is 2. The lowest BCUT2D eigenvalue weighted by atomic mass is 10.1. The van der Waals surface area contributed by atoms with Crippen molar-refractivity contribution in [3.8, 4) is 0 Å². The van der Waals surface area contributed by atoms with Gasteiger partial charge in [0.25, 0.3) is 5.91 Å². The standard InChI is InChI=1S/C19H25N3O/c1-12-6-7-17-15(8-12)9-16(14(3)20-17)19(23)22-10-13(2)18(11-22)21(4)5/h6-9,13,18H,10-11H2,1-5H3/t13-,18+/m1/s1.